The molecule has 1 fully saturated rings. The van der Waals surface area contributed by atoms with Gasteiger partial charge in [-0.15, -0.1) is 0 Å². The van der Waals surface area contributed by atoms with Crippen molar-refractivity contribution in [2.75, 3.05) is 24.6 Å². The summed E-state index contributed by atoms with van der Waals surface area (Å²) in [6.07, 6.45) is 0. The summed E-state index contributed by atoms with van der Waals surface area (Å²) in [5.41, 5.74) is 1.05. The van der Waals surface area contributed by atoms with Crippen molar-refractivity contribution in [1.82, 2.24) is 4.90 Å². The van der Waals surface area contributed by atoms with Gasteiger partial charge < -0.3 is 0 Å². The lowest BCUT2D eigenvalue weighted by atomic mass is 10.2. The molecule has 1 aliphatic heterocycles. The van der Waals surface area contributed by atoms with Gasteiger partial charge in [-0.25, -0.2) is 4.39 Å². The summed E-state index contributed by atoms with van der Waals surface area (Å²) < 4.78 is 14.0. The van der Waals surface area contributed by atoms with Crippen LogP contribution in [0.15, 0.2) is 22.7 Å². The summed E-state index contributed by atoms with van der Waals surface area (Å²) in [5, 5.41) is 0. The van der Waals surface area contributed by atoms with Gasteiger partial charge in [-0.1, -0.05) is 15.9 Å². The minimum absolute atomic E-state index is 0.161. The van der Waals surface area contributed by atoms with Crippen molar-refractivity contribution in [2.24, 2.45) is 0 Å². The second-order valence-corrected chi connectivity index (χ2v) is 5.81. The molecule has 2 rings (SSSR count). The normalized spacial score (nSPS) is 18.0. The Bertz CT molecular complexity index is 319. The molecule has 0 amide bonds. The number of thioether (sulfide) groups is 1. The SMILES string of the molecule is Fc1cc(Br)cc(CN2CCSCC2)c1. The van der Waals surface area contributed by atoms with E-state index in [4.69, 9.17) is 0 Å². The zero-order valence-corrected chi connectivity index (χ0v) is 10.8. The zero-order valence-electron chi connectivity index (χ0n) is 8.38. The Hall–Kier alpha value is -0.0600. The molecule has 1 aromatic carbocycles. The van der Waals surface area contributed by atoms with E-state index in [0.717, 1.165) is 29.7 Å². The van der Waals surface area contributed by atoms with Crippen molar-refractivity contribution >= 4 is 27.7 Å². The maximum Gasteiger partial charge on any atom is 0.124 e. The molecule has 0 spiro atoms. The third kappa shape index (κ3) is 3.47. The average Bonchev–Trinajstić information content (AvgIpc) is 2.17. The quantitative estimate of drug-likeness (QED) is 0.823. The van der Waals surface area contributed by atoms with Crippen molar-refractivity contribution in [3.8, 4) is 0 Å². The van der Waals surface area contributed by atoms with Crippen molar-refractivity contribution in [3.05, 3.63) is 34.1 Å². The van der Waals surface area contributed by atoms with Crippen molar-refractivity contribution < 1.29 is 4.39 Å². The lowest BCUT2D eigenvalue weighted by Crippen LogP contribution is -2.31. The smallest absolute Gasteiger partial charge is 0.124 e. The van der Waals surface area contributed by atoms with Crippen LogP contribution in [0.2, 0.25) is 0 Å². The molecular weight excluding hydrogens is 277 g/mol. The Kier molecular flexibility index (Phi) is 4.05. The zero-order chi connectivity index (χ0) is 10.7. The first kappa shape index (κ1) is 11.4. The fourth-order valence-corrected chi connectivity index (χ4v) is 3.21. The Morgan fingerprint density at radius 1 is 1.27 bits per heavy atom. The minimum atomic E-state index is -0.161. The number of halogens is 2. The molecule has 0 N–H and O–H groups in total. The summed E-state index contributed by atoms with van der Waals surface area (Å²) in [6.45, 7) is 3.08. The molecule has 0 atom stereocenters. The predicted octanol–water partition coefficient (Wildman–Crippen LogP) is 3.14. The number of hydrogen-bond acceptors (Lipinski definition) is 2. The van der Waals surface area contributed by atoms with Gasteiger partial charge in [0.05, 0.1) is 0 Å². The van der Waals surface area contributed by atoms with Crippen LogP contribution in [0.5, 0.6) is 0 Å². The maximum absolute atomic E-state index is 13.1. The third-order valence-electron chi connectivity index (χ3n) is 2.43. The first-order valence-corrected chi connectivity index (χ1v) is 6.94. The van der Waals surface area contributed by atoms with E-state index < -0.39 is 0 Å². The Labute approximate surface area is 102 Å². The first-order chi connectivity index (χ1) is 7.24. The molecule has 1 saturated heterocycles. The monoisotopic (exact) mass is 289 g/mol. The Balaban J connectivity index is 2.02. The van der Waals surface area contributed by atoms with Crippen LogP contribution in [0.3, 0.4) is 0 Å². The Morgan fingerprint density at radius 3 is 2.67 bits per heavy atom. The standard InChI is InChI=1S/C11H13BrFNS/c12-10-5-9(6-11(13)7-10)8-14-1-3-15-4-2-14/h5-7H,1-4,8H2. The molecule has 82 valence electrons. The van der Waals surface area contributed by atoms with Gasteiger partial charge in [0, 0.05) is 35.6 Å². The second kappa shape index (κ2) is 5.32. The summed E-state index contributed by atoms with van der Waals surface area (Å²) in [4.78, 5) is 2.37. The average molecular weight is 290 g/mol. The van der Waals surface area contributed by atoms with Gasteiger partial charge in [0.2, 0.25) is 0 Å². The lowest BCUT2D eigenvalue weighted by Gasteiger charge is -2.26. The topological polar surface area (TPSA) is 3.24 Å². The van der Waals surface area contributed by atoms with Crippen LogP contribution < -0.4 is 0 Å². The van der Waals surface area contributed by atoms with Crippen LogP contribution in [-0.2, 0) is 6.54 Å². The van der Waals surface area contributed by atoms with Gasteiger partial charge in [-0.3, -0.25) is 4.90 Å². The lowest BCUT2D eigenvalue weighted by molar-refractivity contribution is 0.294. The molecule has 0 radical (unpaired) electrons. The summed E-state index contributed by atoms with van der Waals surface area (Å²) in [6, 6.07) is 5.10. The number of rotatable bonds is 2. The molecule has 0 bridgehead atoms. The number of nitrogens with zero attached hydrogens (tertiary/aromatic N) is 1. The number of hydrogen-bond donors (Lipinski definition) is 0. The van der Waals surface area contributed by atoms with Gasteiger partial charge >= 0.3 is 0 Å². The molecule has 1 aromatic rings. The molecule has 0 aromatic heterocycles. The highest BCUT2D eigenvalue weighted by molar-refractivity contribution is 9.10. The molecule has 1 aliphatic rings. The van der Waals surface area contributed by atoms with E-state index >= 15 is 0 Å². The molecular formula is C11H13BrFNS. The fraction of sp³-hybridized carbons (Fsp3) is 0.455. The van der Waals surface area contributed by atoms with E-state index in [1.807, 2.05) is 17.8 Å². The second-order valence-electron chi connectivity index (χ2n) is 3.67. The van der Waals surface area contributed by atoms with Crippen molar-refractivity contribution in [3.63, 3.8) is 0 Å². The molecule has 4 heteroatoms. The number of benzene rings is 1. The maximum atomic E-state index is 13.1. The summed E-state index contributed by atoms with van der Waals surface area (Å²) in [5.74, 6) is 2.22. The minimum Gasteiger partial charge on any atom is -0.297 e. The summed E-state index contributed by atoms with van der Waals surface area (Å²) >= 11 is 5.31. The molecule has 0 aliphatic carbocycles. The van der Waals surface area contributed by atoms with Gasteiger partial charge in [0.15, 0.2) is 0 Å². The molecule has 15 heavy (non-hydrogen) atoms. The van der Waals surface area contributed by atoms with E-state index in [0.29, 0.717) is 0 Å². The van der Waals surface area contributed by atoms with E-state index in [2.05, 4.69) is 20.8 Å². The van der Waals surface area contributed by atoms with Crippen LogP contribution in [-0.4, -0.2) is 29.5 Å². The van der Waals surface area contributed by atoms with Crippen molar-refractivity contribution in [1.29, 1.82) is 0 Å². The molecule has 0 saturated carbocycles. The van der Waals surface area contributed by atoms with Gasteiger partial charge in [-0.2, -0.15) is 11.8 Å². The van der Waals surface area contributed by atoms with E-state index in [1.165, 1.54) is 17.6 Å². The molecule has 0 unspecified atom stereocenters. The third-order valence-corrected chi connectivity index (χ3v) is 3.83. The fourth-order valence-electron chi connectivity index (χ4n) is 1.72. The van der Waals surface area contributed by atoms with Crippen LogP contribution in [0.1, 0.15) is 5.56 Å². The highest BCUT2D eigenvalue weighted by Gasteiger charge is 2.11. The molecule has 1 heterocycles. The molecule has 1 nitrogen and oxygen atoms in total. The van der Waals surface area contributed by atoms with E-state index in [1.54, 1.807) is 6.07 Å². The van der Waals surface area contributed by atoms with Crippen LogP contribution >= 0.6 is 27.7 Å². The van der Waals surface area contributed by atoms with Crippen molar-refractivity contribution in [2.45, 2.75) is 6.54 Å². The van der Waals surface area contributed by atoms with Gasteiger partial charge in [0.1, 0.15) is 5.82 Å². The Morgan fingerprint density at radius 2 is 2.00 bits per heavy atom. The van der Waals surface area contributed by atoms with Crippen LogP contribution in [0, 0.1) is 5.82 Å². The first-order valence-electron chi connectivity index (χ1n) is 4.99. The predicted molar refractivity (Wildman–Crippen MR) is 66.7 cm³/mol. The highest BCUT2D eigenvalue weighted by atomic mass is 79.9. The van der Waals surface area contributed by atoms with E-state index in [-0.39, 0.29) is 5.82 Å². The summed E-state index contributed by atoms with van der Waals surface area (Å²) in [7, 11) is 0. The highest BCUT2D eigenvalue weighted by Crippen LogP contribution is 2.18. The van der Waals surface area contributed by atoms with Crippen LogP contribution in [0.4, 0.5) is 4.39 Å². The van der Waals surface area contributed by atoms with E-state index in [9.17, 15) is 4.39 Å². The van der Waals surface area contributed by atoms with Gasteiger partial charge in [0.25, 0.3) is 0 Å². The largest absolute Gasteiger partial charge is 0.297 e. The van der Waals surface area contributed by atoms with Gasteiger partial charge in [-0.05, 0) is 23.8 Å². The van der Waals surface area contributed by atoms with Crippen LogP contribution in [0.25, 0.3) is 0 Å².